The molecule has 106 valence electrons. The predicted octanol–water partition coefficient (Wildman–Crippen LogP) is 1.76. The fraction of sp³-hybridized carbons (Fsp3) is 0.500. The molecule has 0 spiro atoms. The number of aryl methyl sites for hydroxylation is 1. The first-order valence-electron chi connectivity index (χ1n) is 6.33. The van der Waals surface area contributed by atoms with Gasteiger partial charge < -0.3 is 15.8 Å². The van der Waals surface area contributed by atoms with Gasteiger partial charge in [-0.1, -0.05) is 6.92 Å². The highest BCUT2D eigenvalue weighted by Crippen LogP contribution is 2.19. The van der Waals surface area contributed by atoms with Gasteiger partial charge in [0.05, 0.1) is 12.1 Å². The predicted molar refractivity (Wildman–Crippen MR) is 72.5 cm³/mol. The van der Waals surface area contributed by atoms with Crippen molar-refractivity contribution in [2.24, 2.45) is 5.73 Å². The van der Waals surface area contributed by atoms with E-state index in [1.54, 1.807) is 19.9 Å². The summed E-state index contributed by atoms with van der Waals surface area (Å²) in [6.45, 7) is 6.41. The Balaban J connectivity index is 2.59. The molecule has 0 aliphatic carbocycles. The summed E-state index contributed by atoms with van der Waals surface area (Å²) in [6.07, 6.45) is 0.451. The third-order valence-corrected chi connectivity index (χ3v) is 3.11. The molecule has 0 radical (unpaired) electrons. The zero-order valence-electron chi connectivity index (χ0n) is 11.6. The lowest BCUT2D eigenvalue weighted by molar-refractivity contribution is -0.124. The van der Waals surface area contributed by atoms with Crippen LogP contribution in [0.4, 0.5) is 4.39 Å². The largest absolute Gasteiger partial charge is 0.493 e. The summed E-state index contributed by atoms with van der Waals surface area (Å²) in [4.78, 5) is 11.4. The fourth-order valence-electron chi connectivity index (χ4n) is 1.83. The minimum atomic E-state index is -0.789. The number of ether oxygens (including phenoxy) is 1. The molecule has 0 fully saturated rings. The minimum Gasteiger partial charge on any atom is -0.493 e. The first-order valence-corrected chi connectivity index (χ1v) is 6.33. The van der Waals surface area contributed by atoms with E-state index in [0.717, 1.165) is 5.56 Å². The van der Waals surface area contributed by atoms with Crippen LogP contribution >= 0.6 is 0 Å². The fourth-order valence-corrected chi connectivity index (χ4v) is 1.83. The Bertz CT molecular complexity index is 451. The summed E-state index contributed by atoms with van der Waals surface area (Å²) in [6, 6.07) is 4.34. The van der Waals surface area contributed by atoms with Gasteiger partial charge in [-0.25, -0.2) is 4.39 Å². The minimum absolute atomic E-state index is 0.292. The number of amides is 1. The van der Waals surface area contributed by atoms with Crippen LogP contribution < -0.4 is 15.8 Å². The molecule has 0 aliphatic rings. The first-order chi connectivity index (χ1) is 8.89. The van der Waals surface area contributed by atoms with Crippen LogP contribution in [0.15, 0.2) is 18.2 Å². The maximum atomic E-state index is 12.9. The van der Waals surface area contributed by atoms with Crippen LogP contribution in [0.5, 0.6) is 5.75 Å². The van der Waals surface area contributed by atoms with E-state index in [2.05, 4.69) is 5.32 Å². The smallest absolute Gasteiger partial charge is 0.237 e. The number of hydrogen-bond donors (Lipinski definition) is 2. The van der Waals surface area contributed by atoms with E-state index in [9.17, 15) is 9.18 Å². The van der Waals surface area contributed by atoms with E-state index in [1.165, 1.54) is 12.1 Å². The summed E-state index contributed by atoms with van der Waals surface area (Å²) in [5.41, 5.74) is 5.32. The van der Waals surface area contributed by atoms with Gasteiger partial charge in [0.2, 0.25) is 5.91 Å². The topological polar surface area (TPSA) is 64.3 Å². The van der Waals surface area contributed by atoms with Crippen molar-refractivity contribution in [2.45, 2.75) is 32.7 Å². The average molecular weight is 268 g/mol. The molecule has 0 heterocycles. The summed E-state index contributed by atoms with van der Waals surface area (Å²) in [5.74, 6) is -0.0852. The number of rotatable bonds is 7. The van der Waals surface area contributed by atoms with Gasteiger partial charge in [-0.2, -0.15) is 0 Å². The zero-order valence-corrected chi connectivity index (χ0v) is 11.6. The SMILES string of the molecule is CCNC(C)(CCOc1ccc(F)cc1C)C(N)=O. The number of likely N-dealkylation sites (N-methyl/N-ethyl adjacent to an activating group) is 1. The van der Waals surface area contributed by atoms with E-state index in [-0.39, 0.29) is 5.82 Å². The third-order valence-electron chi connectivity index (χ3n) is 3.11. The van der Waals surface area contributed by atoms with E-state index in [0.29, 0.717) is 25.3 Å². The third kappa shape index (κ3) is 4.21. The molecular weight excluding hydrogens is 247 g/mol. The maximum Gasteiger partial charge on any atom is 0.237 e. The highest BCUT2D eigenvalue weighted by molar-refractivity contribution is 5.84. The Labute approximate surface area is 113 Å². The molecule has 0 bridgehead atoms. The monoisotopic (exact) mass is 268 g/mol. The van der Waals surface area contributed by atoms with Crippen LogP contribution in [-0.4, -0.2) is 24.6 Å². The zero-order chi connectivity index (χ0) is 14.5. The lowest BCUT2D eigenvalue weighted by Crippen LogP contribution is -2.53. The molecular formula is C14H21FN2O2. The number of primary amides is 1. The molecule has 1 atom stereocenters. The van der Waals surface area contributed by atoms with Gasteiger partial charge in [-0.05, 0) is 44.2 Å². The van der Waals surface area contributed by atoms with Gasteiger partial charge in [0.1, 0.15) is 11.6 Å². The standard InChI is InChI=1S/C14H21FN2O2/c1-4-17-14(3,13(16)18)7-8-19-12-6-5-11(15)9-10(12)2/h5-6,9,17H,4,7-8H2,1-3H3,(H2,16,18). The summed E-state index contributed by atoms with van der Waals surface area (Å²) in [5, 5.41) is 3.05. The van der Waals surface area contributed by atoms with Crippen LogP contribution in [0.3, 0.4) is 0 Å². The van der Waals surface area contributed by atoms with Crippen molar-refractivity contribution in [1.29, 1.82) is 0 Å². The molecule has 4 nitrogen and oxygen atoms in total. The summed E-state index contributed by atoms with van der Waals surface area (Å²) >= 11 is 0. The first kappa shape index (κ1) is 15.4. The summed E-state index contributed by atoms with van der Waals surface area (Å²) < 4.78 is 18.5. The second-order valence-electron chi connectivity index (χ2n) is 4.73. The van der Waals surface area contributed by atoms with Gasteiger partial charge in [-0.15, -0.1) is 0 Å². The highest BCUT2D eigenvalue weighted by atomic mass is 19.1. The Kier molecular flexibility index (Phi) is 5.30. The number of carbonyl (C=O) groups is 1. The van der Waals surface area contributed by atoms with Crippen molar-refractivity contribution in [2.75, 3.05) is 13.2 Å². The molecule has 3 N–H and O–H groups in total. The summed E-state index contributed by atoms with van der Waals surface area (Å²) in [7, 11) is 0. The van der Waals surface area contributed by atoms with Crippen molar-refractivity contribution in [3.05, 3.63) is 29.6 Å². The molecule has 1 amide bonds. The van der Waals surface area contributed by atoms with Gasteiger partial charge in [0, 0.05) is 6.42 Å². The molecule has 0 aliphatic heterocycles. The molecule has 0 saturated heterocycles. The quantitative estimate of drug-likeness (QED) is 0.792. The molecule has 1 aromatic rings. The van der Waals surface area contributed by atoms with Gasteiger partial charge in [-0.3, -0.25) is 4.79 Å². The lowest BCUT2D eigenvalue weighted by atomic mass is 9.97. The second-order valence-corrected chi connectivity index (χ2v) is 4.73. The Morgan fingerprint density at radius 2 is 2.21 bits per heavy atom. The molecule has 0 aromatic heterocycles. The molecule has 1 rings (SSSR count). The van der Waals surface area contributed by atoms with Gasteiger partial charge >= 0.3 is 0 Å². The van der Waals surface area contributed by atoms with Crippen molar-refractivity contribution < 1.29 is 13.9 Å². The van der Waals surface area contributed by atoms with Crippen molar-refractivity contribution in [3.63, 3.8) is 0 Å². The number of halogens is 1. The lowest BCUT2D eigenvalue weighted by Gasteiger charge is -2.27. The van der Waals surface area contributed by atoms with Crippen LogP contribution in [-0.2, 0) is 4.79 Å². The Morgan fingerprint density at radius 1 is 1.53 bits per heavy atom. The number of hydrogen-bond acceptors (Lipinski definition) is 3. The van der Waals surface area contributed by atoms with Crippen LogP contribution in [0.25, 0.3) is 0 Å². The Morgan fingerprint density at radius 3 is 2.74 bits per heavy atom. The van der Waals surface area contributed by atoms with Gasteiger partial charge in [0.15, 0.2) is 0 Å². The molecule has 19 heavy (non-hydrogen) atoms. The van der Waals surface area contributed by atoms with Crippen LogP contribution in [0.2, 0.25) is 0 Å². The van der Waals surface area contributed by atoms with Crippen molar-refractivity contribution in [3.8, 4) is 5.75 Å². The molecule has 1 aromatic carbocycles. The van der Waals surface area contributed by atoms with E-state index in [1.807, 2.05) is 6.92 Å². The number of carbonyl (C=O) groups excluding carboxylic acids is 1. The average Bonchev–Trinajstić information content (AvgIpc) is 2.32. The van der Waals surface area contributed by atoms with E-state index < -0.39 is 11.4 Å². The van der Waals surface area contributed by atoms with Crippen molar-refractivity contribution in [1.82, 2.24) is 5.32 Å². The molecule has 1 unspecified atom stereocenters. The highest BCUT2D eigenvalue weighted by Gasteiger charge is 2.29. The van der Waals surface area contributed by atoms with Crippen LogP contribution in [0, 0.1) is 12.7 Å². The van der Waals surface area contributed by atoms with Gasteiger partial charge in [0.25, 0.3) is 0 Å². The Hall–Kier alpha value is -1.62. The number of nitrogens with one attached hydrogen (secondary N) is 1. The van der Waals surface area contributed by atoms with Crippen LogP contribution in [0.1, 0.15) is 25.8 Å². The molecule has 5 heteroatoms. The van der Waals surface area contributed by atoms with Crippen molar-refractivity contribution >= 4 is 5.91 Å². The second kappa shape index (κ2) is 6.52. The maximum absolute atomic E-state index is 12.9. The molecule has 0 saturated carbocycles. The van der Waals surface area contributed by atoms with E-state index >= 15 is 0 Å². The number of benzene rings is 1. The normalized spacial score (nSPS) is 13.9. The number of nitrogens with two attached hydrogens (primary N) is 1. The van der Waals surface area contributed by atoms with E-state index in [4.69, 9.17) is 10.5 Å².